The third kappa shape index (κ3) is 6.63. The van der Waals surface area contributed by atoms with E-state index < -0.39 is 0 Å². The molecule has 3 N–H and O–H groups in total. The van der Waals surface area contributed by atoms with Crippen molar-refractivity contribution in [3.05, 3.63) is 52.8 Å². The Bertz CT molecular complexity index is 1510. The average Bonchev–Trinajstić information content (AvgIpc) is 3.02. The first-order chi connectivity index (χ1) is 21.2. The maximum absolute atomic E-state index is 12.0. The second-order valence-electron chi connectivity index (χ2n) is 10.7. The van der Waals surface area contributed by atoms with Gasteiger partial charge in [-0.15, -0.1) is 0 Å². The van der Waals surface area contributed by atoms with Gasteiger partial charge in [-0.2, -0.15) is 0 Å². The highest BCUT2D eigenvalue weighted by atomic mass is 35.5. The Hall–Kier alpha value is -3.84. The van der Waals surface area contributed by atoms with Crippen molar-refractivity contribution in [2.24, 2.45) is 0 Å². The molecule has 3 aromatic rings. The molecule has 44 heavy (non-hydrogen) atoms. The molecule has 0 saturated carbocycles. The van der Waals surface area contributed by atoms with E-state index in [1.165, 1.54) is 20.3 Å². The number of anilines is 4. The number of hydrogen-bond acceptors (Lipinski definition) is 11. The van der Waals surface area contributed by atoms with Crippen LogP contribution < -0.4 is 30.3 Å². The minimum atomic E-state index is -0.240. The summed E-state index contributed by atoms with van der Waals surface area (Å²) in [7, 11) is 7.11. The van der Waals surface area contributed by atoms with E-state index >= 15 is 0 Å². The fraction of sp³-hybridized carbons (Fsp3) is 0.400. The Morgan fingerprint density at radius 1 is 1.16 bits per heavy atom. The van der Waals surface area contributed by atoms with E-state index in [1.54, 1.807) is 18.5 Å². The van der Waals surface area contributed by atoms with Crippen molar-refractivity contribution >= 4 is 52.3 Å². The normalized spacial score (nSPS) is 17.4. The van der Waals surface area contributed by atoms with Crippen molar-refractivity contribution in [1.82, 2.24) is 25.2 Å². The molecule has 4 heterocycles. The second kappa shape index (κ2) is 13.9. The number of benzene rings is 1. The fourth-order valence-electron chi connectivity index (χ4n) is 5.19. The average molecular weight is 644 g/mol. The first kappa shape index (κ1) is 31.6. The molecule has 1 aromatic carbocycles. The number of carbonyl (C=O) groups excluding carboxylic acids is 1. The van der Waals surface area contributed by atoms with Crippen LogP contribution >= 0.6 is 23.2 Å². The second-order valence-corrected chi connectivity index (χ2v) is 11.4. The van der Waals surface area contributed by atoms with Crippen molar-refractivity contribution in [2.75, 3.05) is 70.2 Å². The summed E-state index contributed by atoms with van der Waals surface area (Å²) >= 11 is 13.7. The highest BCUT2D eigenvalue weighted by Crippen LogP contribution is 2.51. The maximum atomic E-state index is 12.0. The molecule has 0 unspecified atom stereocenters. The minimum Gasteiger partial charge on any atom is -0.495 e. The first-order valence-electron chi connectivity index (χ1n) is 14.1. The van der Waals surface area contributed by atoms with Gasteiger partial charge in [-0.25, -0.2) is 15.0 Å². The lowest BCUT2D eigenvalue weighted by Crippen LogP contribution is -2.52. The number of hydrogen-bond donors (Lipinski definition) is 3. The molecule has 2 aromatic heterocycles. The molecule has 2 atom stereocenters. The largest absolute Gasteiger partial charge is 0.495 e. The zero-order valence-corrected chi connectivity index (χ0v) is 26.6. The van der Waals surface area contributed by atoms with Crippen molar-refractivity contribution in [2.45, 2.75) is 25.0 Å². The molecule has 234 valence electrons. The molecule has 14 heteroatoms. The monoisotopic (exact) mass is 642 g/mol. The standard InChI is InChI=1S/C30H36Cl2N8O4/c1-6-24(41)36-20-7-10-44-16-21(20)37-30-35-13-17-15-40(28-25(31)22(42-4)12-23(43-5)26(28)32)29-19(27(17)38-30)11-18(14-34-29)33-8-9-39(2)3/h6,11-14,20-21,33H,1,7-10,15-16H2,2-5H3,(H,36,41)(H,35,37,38)/t20-,21+/m0/s1. The van der Waals surface area contributed by atoms with Crippen LogP contribution in [0.2, 0.25) is 10.0 Å². The van der Waals surface area contributed by atoms with Gasteiger partial charge >= 0.3 is 0 Å². The van der Waals surface area contributed by atoms with Gasteiger partial charge in [-0.3, -0.25) is 4.79 Å². The number of pyridine rings is 1. The fourth-order valence-corrected chi connectivity index (χ4v) is 5.90. The predicted octanol–water partition coefficient (Wildman–Crippen LogP) is 4.36. The molecule has 2 aliphatic rings. The highest BCUT2D eigenvalue weighted by Gasteiger charge is 2.33. The van der Waals surface area contributed by atoms with E-state index in [4.69, 9.17) is 47.4 Å². The Balaban J connectivity index is 1.56. The molecule has 0 bridgehead atoms. The van der Waals surface area contributed by atoms with Crippen molar-refractivity contribution in [3.8, 4) is 22.8 Å². The van der Waals surface area contributed by atoms with Gasteiger partial charge in [-0.05, 0) is 32.7 Å². The SMILES string of the molecule is C=CC(=O)N[C@H]1CCOC[C@H]1Nc1ncc2c(n1)-c1cc(NCCN(C)C)cnc1N(c1c(Cl)c(OC)cc(OC)c1Cl)C2. The Morgan fingerprint density at radius 3 is 2.59 bits per heavy atom. The molecular formula is C30H36Cl2N8O4. The van der Waals surface area contributed by atoms with Crippen LogP contribution in [0.15, 0.2) is 37.2 Å². The Kier molecular flexibility index (Phi) is 9.94. The van der Waals surface area contributed by atoms with Crippen molar-refractivity contribution in [3.63, 3.8) is 0 Å². The summed E-state index contributed by atoms with van der Waals surface area (Å²) < 4.78 is 16.8. The maximum Gasteiger partial charge on any atom is 0.243 e. The van der Waals surface area contributed by atoms with E-state index in [9.17, 15) is 4.79 Å². The van der Waals surface area contributed by atoms with E-state index in [0.29, 0.717) is 70.9 Å². The van der Waals surface area contributed by atoms with Gasteiger partial charge in [0.05, 0.1) is 62.7 Å². The van der Waals surface area contributed by atoms with Crippen LogP contribution in [0.25, 0.3) is 11.3 Å². The molecule has 5 rings (SSSR count). The van der Waals surface area contributed by atoms with Gasteiger partial charge in [0.1, 0.15) is 27.4 Å². The van der Waals surface area contributed by atoms with E-state index in [2.05, 4.69) is 32.4 Å². The molecule has 2 aliphatic heterocycles. The molecule has 12 nitrogen and oxygen atoms in total. The summed E-state index contributed by atoms with van der Waals surface area (Å²) in [5, 5.41) is 10.4. The number of nitrogens with one attached hydrogen (secondary N) is 3. The summed E-state index contributed by atoms with van der Waals surface area (Å²) in [5.74, 6) is 1.61. The van der Waals surface area contributed by atoms with Gasteiger partial charge in [0.15, 0.2) is 0 Å². The van der Waals surface area contributed by atoms with Gasteiger partial charge in [0, 0.05) is 43.1 Å². The van der Waals surface area contributed by atoms with Gasteiger partial charge in [0.25, 0.3) is 0 Å². The van der Waals surface area contributed by atoms with E-state index in [-0.39, 0.29) is 18.0 Å². The first-order valence-corrected chi connectivity index (χ1v) is 14.9. The summed E-state index contributed by atoms with van der Waals surface area (Å²) in [5.41, 5.74) is 3.64. The van der Waals surface area contributed by atoms with Crippen LogP contribution in [0, 0.1) is 0 Å². The number of methoxy groups -OCH3 is 2. The van der Waals surface area contributed by atoms with Gasteiger partial charge < -0.3 is 40.0 Å². The zero-order chi connectivity index (χ0) is 31.4. The predicted molar refractivity (Wildman–Crippen MR) is 173 cm³/mol. The number of amides is 1. The lowest BCUT2D eigenvalue weighted by atomic mass is 10.0. The summed E-state index contributed by atoms with van der Waals surface area (Å²) in [6, 6.07) is 3.26. The number of aromatic nitrogens is 3. The van der Waals surface area contributed by atoms with Crippen LogP contribution in [-0.2, 0) is 16.1 Å². The van der Waals surface area contributed by atoms with Crippen LogP contribution in [0.3, 0.4) is 0 Å². The summed E-state index contributed by atoms with van der Waals surface area (Å²) in [4.78, 5) is 30.5. The smallest absolute Gasteiger partial charge is 0.243 e. The van der Waals surface area contributed by atoms with Crippen LogP contribution in [0.1, 0.15) is 12.0 Å². The van der Waals surface area contributed by atoms with E-state index in [0.717, 1.165) is 29.9 Å². The van der Waals surface area contributed by atoms with E-state index in [1.807, 2.05) is 25.1 Å². The number of carbonyl (C=O) groups is 1. The molecule has 1 saturated heterocycles. The molecular weight excluding hydrogens is 607 g/mol. The van der Waals surface area contributed by atoms with Crippen LogP contribution in [0.5, 0.6) is 11.5 Å². The molecule has 0 spiro atoms. The number of ether oxygens (including phenoxy) is 3. The van der Waals surface area contributed by atoms with Gasteiger partial charge in [-0.1, -0.05) is 29.8 Å². The summed E-state index contributed by atoms with van der Waals surface area (Å²) in [6.07, 6.45) is 5.46. The third-order valence-corrected chi connectivity index (χ3v) is 8.19. The lowest BCUT2D eigenvalue weighted by Gasteiger charge is -2.34. The van der Waals surface area contributed by atoms with Crippen molar-refractivity contribution < 1.29 is 19.0 Å². The van der Waals surface area contributed by atoms with Gasteiger partial charge in [0.2, 0.25) is 11.9 Å². The number of likely N-dealkylation sites (N-methyl/N-ethyl adjacent to an activating group) is 1. The molecule has 1 amide bonds. The van der Waals surface area contributed by atoms with Crippen molar-refractivity contribution in [1.29, 1.82) is 0 Å². The molecule has 0 aliphatic carbocycles. The Labute approximate surface area is 266 Å². The minimum absolute atomic E-state index is 0.168. The number of halogens is 2. The third-order valence-electron chi connectivity index (χ3n) is 7.46. The van der Waals surface area contributed by atoms with Crippen LogP contribution in [0.4, 0.5) is 23.1 Å². The lowest BCUT2D eigenvalue weighted by molar-refractivity contribution is -0.117. The van der Waals surface area contributed by atoms with Crippen LogP contribution in [-0.4, -0.2) is 92.5 Å². The zero-order valence-electron chi connectivity index (χ0n) is 25.1. The number of fused-ring (bicyclic) bond motifs is 3. The molecule has 1 fully saturated rings. The Morgan fingerprint density at radius 2 is 1.91 bits per heavy atom. The molecule has 0 radical (unpaired) electrons. The number of rotatable bonds is 11. The quantitative estimate of drug-likeness (QED) is 0.258. The number of nitrogens with zero attached hydrogens (tertiary/aromatic N) is 5. The summed E-state index contributed by atoms with van der Waals surface area (Å²) in [6.45, 7) is 6.41. The topological polar surface area (TPSA) is 126 Å². The highest BCUT2D eigenvalue weighted by molar-refractivity contribution is 6.41.